The fourth-order valence-corrected chi connectivity index (χ4v) is 2.24. The smallest absolute Gasteiger partial charge is 0.361 e. The summed E-state index contributed by atoms with van der Waals surface area (Å²) in [5, 5.41) is 0.718. The van der Waals surface area contributed by atoms with Gasteiger partial charge >= 0.3 is 11.6 Å². The van der Waals surface area contributed by atoms with Crippen molar-refractivity contribution < 1.29 is 9.58 Å². The van der Waals surface area contributed by atoms with Gasteiger partial charge in [-0.25, -0.2) is 0 Å². The molecule has 0 aromatic heterocycles. The minimum absolute atomic E-state index is 0.00420. The first-order chi connectivity index (χ1) is 8.63. The van der Waals surface area contributed by atoms with Crippen LogP contribution in [-0.2, 0) is 4.79 Å². The molecule has 0 saturated carbocycles. The van der Waals surface area contributed by atoms with Gasteiger partial charge in [-0.1, -0.05) is 23.2 Å². The lowest BCUT2D eigenvalue weighted by Gasteiger charge is -2.11. The van der Waals surface area contributed by atoms with Crippen LogP contribution in [0.25, 0.3) is 5.53 Å². The lowest BCUT2D eigenvalue weighted by molar-refractivity contribution is -0.127. The van der Waals surface area contributed by atoms with E-state index >= 15 is 0 Å². The van der Waals surface area contributed by atoms with E-state index in [0.29, 0.717) is 28.7 Å². The molecule has 0 unspecified atom stereocenters. The number of carbonyl (C=O) groups excluding carboxylic acids is 1. The Morgan fingerprint density at radius 2 is 1.89 bits per heavy atom. The van der Waals surface area contributed by atoms with Crippen LogP contribution in [-0.4, -0.2) is 34.4 Å². The maximum Gasteiger partial charge on any atom is 0.386 e. The molecule has 1 aliphatic heterocycles. The topological polar surface area (TPSA) is 56.7 Å². The number of benzene rings is 1. The van der Waals surface area contributed by atoms with E-state index in [-0.39, 0.29) is 11.6 Å². The molecule has 0 N–H and O–H groups in total. The third-order valence-electron chi connectivity index (χ3n) is 2.89. The summed E-state index contributed by atoms with van der Waals surface area (Å²) < 4.78 is 0. The van der Waals surface area contributed by atoms with E-state index in [1.54, 1.807) is 17.0 Å². The standard InChI is InChI=1S/C12H11Cl2N3O/c13-9-4-3-8(7-10(9)14)11(16-15)12(18)17-5-1-2-6-17/h3-4,7H,1-2,5-6H2. The summed E-state index contributed by atoms with van der Waals surface area (Å²) in [4.78, 5) is 16.9. The van der Waals surface area contributed by atoms with Gasteiger partial charge in [0.05, 0.1) is 15.6 Å². The molecule has 1 fully saturated rings. The Kier molecular flexibility index (Phi) is 4.02. The first kappa shape index (κ1) is 13.1. The largest absolute Gasteiger partial charge is 0.386 e. The quantitative estimate of drug-likeness (QED) is 0.468. The minimum Gasteiger partial charge on any atom is -0.361 e. The Labute approximate surface area is 115 Å². The number of nitrogens with zero attached hydrogens (tertiary/aromatic N) is 3. The monoisotopic (exact) mass is 283 g/mol. The summed E-state index contributed by atoms with van der Waals surface area (Å²) in [5.74, 6) is -0.284. The van der Waals surface area contributed by atoms with Gasteiger partial charge in [-0.05, 0) is 31.0 Å². The normalized spacial score (nSPS) is 14.4. The Bertz CT molecular complexity index is 532. The molecule has 0 bridgehead atoms. The third-order valence-corrected chi connectivity index (χ3v) is 3.63. The van der Waals surface area contributed by atoms with E-state index in [9.17, 15) is 4.79 Å². The summed E-state index contributed by atoms with van der Waals surface area (Å²) in [5.41, 5.74) is 9.49. The summed E-state index contributed by atoms with van der Waals surface area (Å²) in [6.45, 7) is 1.39. The molecular weight excluding hydrogens is 273 g/mol. The van der Waals surface area contributed by atoms with Crippen LogP contribution in [0.2, 0.25) is 10.0 Å². The number of halogens is 2. The molecule has 4 nitrogen and oxygen atoms in total. The lowest BCUT2D eigenvalue weighted by Crippen LogP contribution is -2.35. The summed E-state index contributed by atoms with van der Waals surface area (Å²) in [6.07, 6.45) is 1.96. The van der Waals surface area contributed by atoms with E-state index in [2.05, 4.69) is 4.79 Å². The maximum atomic E-state index is 12.1. The Hall–Kier alpha value is -1.35. The van der Waals surface area contributed by atoms with Gasteiger partial charge < -0.3 is 10.4 Å². The highest BCUT2D eigenvalue weighted by Crippen LogP contribution is 2.23. The average Bonchev–Trinajstić information content (AvgIpc) is 2.88. The SMILES string of the molecule is [N-]=[N+]=C(C(=O)N1CCCC1)c1ccc(Cl)c(Cl)c1. The molecule has 1 aromatic rings. The Morgan fingerprint density at radius 3 is 2.44 bits per heavy atom. The zero-order valence-electron chi connectivity index (χ0n) is 9.57. The molecule has 0 aliphatic carbocycles. The fourth-order valence-electron chi connectivity index (χ4n) is 1.94. The molecule has 0 radical (unpaired) electrons. The molecule has 6 heteroatoms. The lowest BCUT2D eigenvalue weighted by atomic mass is 10.1. The zero-order valence-corrected chi connectivity index (χ0v) is 11.1. The van der Waals surface area contributed by atoms with Crippen molar-refractivity contribution in [3.05, 3.63) is 39.3 Å². The molecule has 1 aliphatic rings. The Morgan fingerprint density at radius 1 is 1.22 bits per heavy atom. The number of amides is 1. The van der Waals surface area contributed by atoms with Gasteiger partial charge in [0.2, 0.25) is 0 Å². The first-order valence-electron chi connectivity index (χ1n) is 5.60. The van der Waals surface area contributed by atoms with Crippen molar-refractivity contribution in [1.29, 1.82) is 0 Å². The van der Waals surface area contributed by atoms with E-state index in [1.807, 2.05) is 0 Å². The Balaban J connectivity index is 2.31. The number of likely N-dealkylation sites (tertiary alicyclic amines) is 1. The summed E-state index contributed by atoms with van der Waals surface area (Å²) in [7, 11) is 0. The first-order valence-corrected chi connectivity index (χ1v) is 6.36. The van der Waals surface area contributed by atoms with Crippen LogP contribution in [0.15, 0.2) is 18.2 Å². The van der Waals surface area contributed by atoms with Gasteiger partial charge in [0.1, 0.15) is 0 Å². The molecule has 2 rings (SSSR count). The second-order valence-electron chi connectivity index (χ2n) is 4.08. The van der Waals surface area contributed by atoms with Crippen LogP contribution in [0.3, 0.4) is 0 Å². The summed E-state index contributed by atoms with van der Waals surface area (Å²) in [6, 6.07) is 4.70. The van der Waals surface area contributed by atoms with Gasteiger partial charge in [0.15, 0.2) is 0 Å². The van der Waals surface area contributed by atoms with Crippen molar-refractivity contribution in [2.24, 2.45) is 0 Å². The van der Waals surface area contributed by atoms with Crippen molar-refractivity contribution >= 4 is 34.8 Å². The van der Waals surface area contributed by atoms with Crippen molar-refractivity contribution in [1.82, 2.24) is 4.90 Å². The second kappa shape index (κ2) is 5.53. The van der Waals surface area contributed by atoms with E-state index in [0.717, 1.165) is 12.8 Å². The predicted octanol–water partition coefficient (Wildman–Crippen LogP) is 2.63. The van der Waals surface area contributed by atoms with Crippen LogP contribution in [0.5, 0.6) is 0 Å². The van der Waals surface area contributed by atoms with E-state index in [4.69, 9.17) is 28.7 Å². The minimum atomic E-state index is -0.284. The van der Waals surface area contributed by atoms with Crippen molar-refractivity contribution in [2.75, 3.05) is 13.1 Å². The van der Waals surface area contributed by atoms with Gasteiger partial charge in [-0.2, -0.15) is 4.79 Å². The van der Waals surface area contributed by atoms with Crippen LogP contribution >= 0.6 is 23.2 Å². The van der Waals surface area contributed by atoms with Gasteiger partial charge in [-0.15, -0.1) is 0 Å². The third kappa shape index (κ3) is 2.56. The second-order valence-corrected chi connectivity index (χ2v) is 4.89. The highest BCUT2D eigenvalue weighted by molar-refractivity contribution is 6.45. The van der Waals surface area contributed by atoms with Crippen LogP contribution in [0.4, 0.5) is 0 Å². The van der Waals surface area contributed by atoms with E-state index in [1.165, 1.54) is 6.07 Å². The molecule has 0 atom stereocenters. The number of hydrogen-bond donors (Lipinski definition) is 0. The van der Waals surface area contributed by atoms with Gasteiger partial charge in [0.25, 0.3) is 0 Å². The van der Waals surface area contributed by atoms with Crippen molar-refractivity contribution in [3.8, 4) is 0 Å². The number of carbonyl (C=O) groups is 1. The molecule has 1 heterocycles. The fraction of sp³-hybridized carbons (Fsp3) is 0.333. The van der Waals surface area contributed by atoms with Crippen LogP contribution < -0.4 is 0 Å². The molecule has 94 valence electrons. The molecule has 1 saturated heterocycles. The molecular formula is C12H11Cl2N3O. The molecule has 1 aromatic carbocycles. The zero-order chi connectivity index (χ0) is 13.1. The van der Waals surface area contributed by atoms with Crippen LogP contribution in [0.1, 0.15) is 18.4 Å². The average molecular weight is 284 g/mol. The number of rotatable bonds is 2. The van der Waals surface area contributed by atoms with Crippen LogP contribution in [0, 0.1) is 0 Å². The van der Waals surface area contributed by atoms with Gasteiger partial charge in [0, 0.05) is 13.1 Å². The number of hydrogen-bond acceptors (Lipinski definition) is 1. The highest BCUT2D eigenvalue weighted by Gasteiger charge is 2.30. The molecule has 1 amide bonds. The van der Waals surface area contributed by atoms with E-state index < -0.39 is 0 Å². The highest BCUT2D eigenvalue weighted by atomic mass is 35.5. The maximum absolute atomic E-state index is 12.1. The molecule has 0 spiro atoms. The summed E-state index contributed by atoms with van der Waals surface area (Å²) >= 11 is 11.7. The predicted molar refractivity (Wildman–Crippen MR) is 70.0 cm³/mol. The van der Waals surface area contributed by atoms with Crippen molar-refractivity contribution in [3.63, 3.8) is 0 Å². The van der Waals surface area contributed by atoms with Crippen molar-refractivity contribution in [2.45, 2.75) is 12.8 Å². The van der Waals surface area contributed by atoms with Gasteiger partial charge in [-0.3, -0.25) is 4.79 Å². The molecule has 18 heavy (non-hydrogen) atoms.